The number of rotatable bonds is 6. The van der Waals surface area contributed by atoms with Crippen LogP contribution in [-0.4, -0.2) is 19.5 Å². The van der Waals surface area contributed by atoms with Crippen LogP contribution in [0.1, 0.15) is 11.1 Å². The highest BCUT2D eigenvalue weighted by molar-refractivity contribution is 7.25. The van der Waals surface area contributed by atoms with Gasteiger partial charge in [0.15, 0.2) is 17.5 Å². The molecule has 6 nitrogen and oxygen atoms in total. The lowest BCUT2D eigenvalue weighted by molar-refractivity contribution is 1.06. The minimum Gasteiger partial charge on any atom is -0.308 e. The average Bonchev–Trinajstić information content (AvgIpc) is 3.86. The van der Waals surface area contributed by atoms with Crippen LogP contribution >= 0.6 is 11.3 Å². The largest absolute Gasteiger partial charge is 0.308 e. The van der Waals surface area contributed by atoms with Gasteiger partial charge in [-0.2, -0.15) is 10.5 Å². The van der Waals surface area contributed by atoms with Gasteiger partial charge in [0.05, 0.1) is 40.0 Å². The molecular formula is C53H30N6S. The molecule has 0 aliphatic carbocycles. The molecule has 0 saturated carbocycles. The van der Waals surface area contributed by atoms with Crippen molar-refractivity contribution < 1.29 is 0 Å². The first-order valence-corrected chi connectivity index (χ1v) is 20.4. The highest BCUT2D eigenvalue weighted by Crippen LogP contribution is 2.41. The van der Waals surface area contributed by atoms with Crippen molar-refractivity contribution in [2.24, 2.45) is 0 Å². The number of nitriles is 2. The van der Waals surface area contributed by atoms with Gasteiger partial charge >= 0.3 is 0 Å². The lowest BCUT2D eigenvalue weighted by Crippen LogP contribution is -2.04. The Labute approximate surface area is 349 Å². The lowest BCUT2D eigenvalue weighted by atomic mass is 9.97. The molecule has 0 atom stereocenters. The van der Waals surface area contributed by atoms with Crippen molar-refractivity contribution in [3.05, 3.63) is 193 Å². The molecule has 3 aromatic heterocycles. The van der Waals surface area contributed by atoms with E-state index in [0.29, 0.717) is 28.6 Å². The maximum absolute atomic E-state index is 10.2. The number of hydrogen-bond donors (Lipinski definition) is 0. The molecule has 11 rings (SSSR count). The van der Waals surface area contributed by atoms with Crippen molar-refractivity contribution in [3.8, 4) is 74.2 Å². The van der Waals surface area contributed by atoms with E-state index in [0.717, 1.165) is 66.4 Å². The fourth-order valence-electron chi connectivity index (χ4n) is 8.28. The van der Waals surface area contributed by atoms with Crippen LogP contribution in [0.5, 0.6) is 0 Å². The summed E-state index contributed by atoms with van der Waals surface area (Å²) in [6.45, 7) is 0. The van der Waals surface area contributed by atoms with Crippen molar-refractivity contribution >= 4 is 53.3 Å². The molecule has 0 aliphatic rings. The molecule has 0 saturated heterocycles. The van der Waals surface area contributed by atoms with E-state index < -0.39 is 0 Å². The van der Waals surface area contributed by atoms with E-state index in [1.54, 1.807) is 23.5 Å². The third-order valence-corrected chi connectivity index (χ3v) is 12.3. The fourth-order valence-corrected chi connectivity index (χ4v) is 9.43. The normalized spacial score (nSPS) is 11.3. The molecule has 0 N–H and O–H groups in total. The quantitative estimate of drug-likeness (QED) is 0.167. The van der Waals surface area contributed by atoms with E-state index in [4.69, 9.17) is 15.0 Å². The molecule has 7 heteroatoms. The van der Waals surface area contributed by atoms with Gasteiger partial charge < -0.3 is 4.57 Å². The summed E-state index contributed by atoms with van der Waals surface area (Å²) in [5, 5.41) is 24.4. The van der Waals surface area contributed by atoms with Crippen molar-refractivity contribution in [2.75, 3.05) is 0 Å². The van der Waals surface area contributed by atoms with Gasteiger partial charge in [0.1, 0.15) is 0 Å². The molecule has 0 unspecified atom stereocenters. The Morgan fingerprint density at radius 1 is 0.400 bits per heavy atom. The number of thiophene rings is 1. The number of para-hydroxylation sites is 1. The van der Waals surface area contributed by atoms with Crippen LogP contribution in [0.15, 0.2) is 182 Å². The molecular weight excluding hydrogens is 753 g/mol. The third-order valence-electron chi connectivity index (χ3n) is 11.1. The molecule has 60 heavy (non-hydrogen) atoms. The summed E-state index contributed by atoms with van der Waals surface area (Å²) in [5.74, 6) is 1.71. The second-order valence-electron chi connectivity index (χ2n) is 14.6. The second kappa shape index (κ2) is 14.3. The Kier molecular flexibility index (Phi) is 8.34. The minimum atomic E-state index is 0.448. The molecule has 8 aromatic carbocycles. The highest BCUT2D eigenvalue weighted by Gasteiger charge is 2.21. The number of benzene rings is 8. The first-order valence-electron chi connectivity index (χ1n) is 19.5. The second-order valence-corrected chi connectivity index (χ2v) is 15.7. The number of fused-ring (bicyclic) bond motifs is 6. The topological polar surface area (TPSA) is 91.2 Å². The molecule has 0 spiro atoms. The van der Waals surface area contributed by atoms with Crippen molar-refractivity contribution in [1.29, 1.82) is 10.5 Å². The number of aromatic nitrogens is 4. The fraction of sp³-hybridized carbons (Fsp3) is 0. The predicted octanol–water partition coefficient (Wildman–Crippen LogP) is 13.4. The Hall–Kier alpha value is -8.23. The Morgan fingerprint density at radius 2 is 1.00 bits per heavy atom. The molecule has 3 heterocycles. The Bertz CT molecular complexity index is 3520. The molecule has 278 valence electrons. The van der Waals surface area contributed by atoms with Gasteiger partial charge in [-0.3, -0.25) is 0 Å². The molecule has 0 bridgehead atoms. The lowest BCUT2D eigenvalue weighted by Gasteiger charge is -2.17. The summed E-state index contributed by atoms with van der Waals surface area (Å²) in [5.41, 5.74) is 10.2. The predicted molar refractivity (Wildman–Crippen MR) is 244 cm³/mol. The summed E-state index contributed by atoms with van der Waals surface area (Å²) in [7, 11) is 0. The van der Waals surface area contributed by atoms with Gasteiger partial charge in [0.25, 0.3) is 0 Å². The van der Waals surface area contributed by atoms with E-state index in [1.807, 2.05) is 66.7 Å². The summed E-state index contributed by atoms with van der Waals surface area (Å²) in [6.07, 6.45) is 0. The van der Waals surface area contributed by atoms with E-state index in [-0.39, 0.29) is 0 Å². The first kappa shape index (κ1) is 35.0. The minimum absolute atomic E-state index is 0.448. The van der Waals surface area contributed by atoms with Crippen LogP contribution in [0.3, 0.4) is 0 Å². The van der Waals surface area contributed by atoms with Gasteiger partial charge in [-0.15, -0.1) is 11.3 Å². The number of hydrogen-bond acceptors (Lipinski definition) is 6. The van der Waals surface area contributed by atoms with Gasteiger partial charge in [0, 0.05) is 47.6 Å². The summed E-state index contributed by atoms with van der Waals surface area (Å²) < 4.78 is 4.78. The monoisotopic (exact) mass is 782 g/mol. The Morgan fingerprint density at radius 3 is 1.75 bits per heavy atom. The van der Waals surface area contributed by atoms with Crippen LogP contribution in [0.4, 0.5) is 0 Å². The Balaban J connectivity index is 1.20. The van der Waals surface area contributed by atoms with E-state index >= 15 is 0 Å². The third kappa shape index (κ3) is 5.89. The average molecular weight is 783 g/mol. The van der Waals surface area contributed by atoms with Crippen LogP contribution in [0.2, 0.25) is 0 Å². The SMILES string of the molecule is N#Cc1ccc(-c2ccc3c4ccccc4n(-c4ccc(-c5ccc6c(c5)sc5ccccc56)cc4-c4nc(-c5ccccc5)nc(-c5ccccc5)n4)c3c2)c(C#N)c1. The highest BCUT2D eigenvalue weighted by atomic mass is 32.1. The molecule has 0 amide bonds. The van der Waals surface area contributed by atoms with Gasteiger partial charge in [-0.25, -0.2) is 15.0 Å². The summed E-state index contributed by atoms with van der Waals surface area (Å²) in [4.78, 5) is 15.5. The van der Waals surface area contributed by atoms with E-state index in [9.17, 15) is 10.5 Å². The number of nitrogens with zero attached hydrogens (tertiary/aromatic N) is 6. The van der Waals surface area contributed by atoms with Crippen molar-refractivity contribution in [2.45, 2.75) is 0 Å². The zero-order valence-electron chi connectivity index (χ0n) is 31.9. The smallest absolute Gasteiger partial charge is 0.166 e. The van der Waals surface area contributed by atoms with Crippen molar-refractivity contribution in [1.82, 2.24) is 19.5 Å². The zero-order chi connectivity index (χ0) is 40.2. The van der Waals surface area contributed by atoms with Crippen LogP contribution in [0.25, 0.3) is 104 Å². The molecule has 0 fully saturated rings. The molecule has 0 aliphatic heterocycles. The van der Waals surface area contributed by atoms with E-state index in [2.05, 4.69) is 120 Å². The van der Waals surface area contributed by atoms with Crippen LogP contribution in [-0.2, 0) is 0 Å². The maximum atomic E-state index is 10.2. The van der Waals surface area contributed by atoms with Gasteiger partial charge in [-0.1, -0.05) is 133 Å². The first-order chi connectivity index (χ1) is 29.6. The zero-order valence-corrected chi connectivity index (χ0v) is 32.7. The van der Waals surface area contributed by atoms with Crippen LogP contribution < -0.4 is 0 Å². The molecule has 11 aromatic rings. The van der Waals surface area contributed by atoms with Gasteiger partial charge in [-0.05, 0) is 70.8 Å². The van der Waals surface area contributed by atoms with Gasteiger partial charge in [0.2, 0.25) is 0 Å². The standard InChI is InChI=1S/C53H30N6S/c54-31-33-19-23-40(39(27-33)32-55)38-21-24-42-41-15-7-9-17-46(41)59(48(42)29-38)47-26-22-36(37-20-25-44-43-16-8-10-18-49(43)60-50(44)30-37)28-45(47)53-57-51(34-11-3-1-4-12-34)56-52(58-53)35-13-5-2-6-14-35/h1-30H. The summed E-state index contributed by atoms with van der Waals surface area (Å²) >= 11 is 1.81. The molecule has 0 radical (unpaired) electrons. The van der Waals surface area contributed by atoms with Crippen LogP contribution in [0, 0.1) is 22.7 Å². The van der Waals surface area contributed by atoms with E-state index in [1.165, 1.54) is 20.2 Å². The summed E-state index contributed by atoms with van der Waals surface area (Å²) in [6, 6.07) is 66.4. The maximum Gasteiger partial charge on any atom is 0.166 e. The van der Waals surface area contributed by atoms with Crippen molar-refractivity contribution in [3.63, 3.8) is 0 Å².